The summed E-state index contributed by atoms with van der Waals surface area (Å²) in [5.41, 5.74) is 2.50. The van der Waals surface area contributed by atoms with Crippen LogP contribution in [0.3, 0.4) is 0 Å². The van der Waals surface area contributed by atoms with Gasteiger partial charge in [0.05, 0.1) is 12.4 Å². The fraction of sp³-hybridized carbons (Fsp3) is 0.294. The number of carbonyl (C=O) groups excluding carboxylic acids is 1. The molecule has 2 aromatic heterocycles. The van der Waals surface area contributed by atoms with Crippen LogP contribution in [0.25, 0.3) is 5.78 Å². The van der Waals surface area contributed by atoms with Crippen molar-refractivity contribution in [2.75, 3.05) is 7.11 Å². The third kappa shape index (κ3) is 3.26. The van der Waals surface area contributed by atoms with E-state index in [4.69, 9.17) is 4.74 Å². The Hall–Kier alpha value is -2.41. The average molecular weight is 342 g/mol. The van der Waals surface area contributed by atoms with E-state index in [0.717, 1.165) is 17.1 Å². The summed E-state index contributed by atoms with van der Waals surface area (Å²) >= 11 is 1.33. The number of thioether (sulfide) groups is 1. The van der Waals surface area contributed by atoms with Crippen LogP contribution in [0.4, 0.5) is 0 Å². The Morgan fingerprint density at radius 2 is 1.92 bits per heavy atom. The Kier molecular flexibility index (Phi) is 4.53. The number of rotatable bonds is 5. The number of hydrogen-bond acceptors (Lipinski definition) is 6. The molecule has 0 N–H and O–H groups in total. The third-order valence-corrected chi connectivity index (χ3v) is 4.58. The number of nitrogens with zero attached hydrogens (tertiary/aromatic N) is 4. The van der Waals surface area contributed by atoms with E-state index >= 15 is 0 Å². The molecule has 3 aromatic rings. The van der Waals surface area contributed by atoms with E-state index < -0.39 is 0 Å². The molecule has 6 nitrogen and oxygen atoms in total. The minimum atomic E-state index is -0.294. The van der Waals surface area contributed by atoms with Gasteiger partial charge in [0.25, 0.3) is 5.78 Å². The van der Waals surface area contributed by atoms with Gasteiger partial charge in [-0.2, -0.15) is 4.98 Å². The van der Waals surface area contributed by atoms with Crippen molar-refractivity contribution in [3.8, 4) is 5.75 Å². The van der Waals surface area contributed by atoms with Crippen molar-refractivity contribution in [1.82, 2.24) is 19.6 Å². The number of Topliss-reactive ketones (excluding diaryl/α,β-unsaturated/α-hetero) is 1. The maximum Gasteiger partial charge on any atom is 0.253 e. The van der Waals surface area contributed by atoms with Crippen molar-refractivity contribution in [3.05, 3.63) is 47.3 Å². The van der Waals surface area contributed by atoms with Crippen LogP contribution in [0.5, 0.6) is 5.75 Å². The number of carbonyl (C=O) groups is 1. The fourth-order valence-electron chi connectivity index (χ4n) is 2.40. The summed E-state index contributed by atoms with van der Waals surface area (Å²) in [6.45, 7) is 5.73. The lowest BCUT2D eigenvalue weighted by Crippen LogP contribution is -2.13. The van der Waals surface area contributed by atoms with E-state index in [2.05, 4.69) is 15.1 Å². The molecule has 0 fully saturated rings. The molecule has 1 atom stereocenters. The lowest BCUT2D eigenvalue weighted by atomic mass is 10.1. The lowest BCUT2D eigenvalue weighted by Gasteiger charge is -2.08. The quantitative estimate of drug-likeness (QED) is 0.524. The summed E-state index contributed by atoms with van der Waals surface area (Å²) in [5.74, 6) is 1.31. The SMILES string of the molecule is COc1ccc(C(=O)[C@H](C)Sc2nc3nc(C)cc(C)n3n2)cc1. The van der Waals surface area contributed by atoms with Gasteiger partial charge in [-0.25, -0.2) is 9.50 Å². The summed E-state index contributed by atoms with van der Waals surface area (Å²) in [5, 5.41) is 4.68. The van der Waals surface area contributed by atoms with E-state index in [1.807, 2.05) is 26.8 Å². The molecule has 0 aliphatic rings. The van der Waals surface area contributed by atoms with Gasteiger partial charge in [-0.3, -0.25) is 4.79 Å². The first kappa shape index (κ1) is 16.4. The molecule has 0 saturated carbocycles. The standard InChI is InChI=1S/C17H18N4O2S/c1-10-9-11(2)21-16(18-10)19-17(20-21)24-12(3)15(22)13-5-7-14(23-4)8-6-13/h5-9,12H,1-4H3/t12-/m0/s1. The Bertz CT molecular complexity index is 889. The molecule has 0 amide bonds. The van der Waals surface area contributed by atoms with Crippen LogP contribution >= 0.6 is 11.8 Å². The summed E-state index contributed by atoms with van der Waals surface area (Å²) in [6.07, 6.45) is 0. The van der Waals surface area contributed by atoms with Gasteiger partial charge >= 0.3 is 0 Å². The normalized spacial score (nSPS) is 12.3. The van der Waals surface area contributed by atoms with Gasteiger partial charge in [0.15, 0.2) is 5.78 Å². The summed E-state index contributed by atoms with van der Waals surface area (Å²) < 4.78 is 6.81. The first-order valence-corrected chi connectivity index (χ1v) is 8.42. The molecule has 0 spiro atoms. The lowest BCUT2D eigenvalue weighted by molar-refractivity contribution is 0.0994. The minimum absolute atomic E-state index is 0.0300. The van der Waals surface area contributed by atoms with E-state index in [1.54, 1.807) is 35.9 Å². The minimum Gasteiger partial charge on any atom is -0.497 e. The van der Waals surface area contributed by atoms with Crippen molar-refractivity contribution in [1.29, 1.82) is 0 Å². The number of hydrogen-bond donors (Lipinski definition) is 0. The topological polar surface area (TPSA) is 69.4 Å². The molecule has 24 heavy (non-hydrogen) atoms. The van der Waals surface area contributed by atoms with Gasteiger partial charge in [-0.05, 0) is 51.1 Å². The summed E-state index contributed by atoms with van der Waals surface area (Å²) in [6, 6.07) is 9.05. The third-order valence-electron chi connectivity index (χ3n) is 3.62. The highest BCUT2D eigenvalue weighted by Crippen LogP contribution is 2.24. The fourth-order valence-corrected chi connectivity index (χ4v) is 3.22. The zero-order chi connectivity index (χ0) is 17.3. The van der Waals surface area contributed by atoms with Gasteiger partial charge in [0.2, 0.25) is 5.16 Å². The first-order valence-electron chi connectivity index (χ1n) is 7.54. The molecule has 2 heterocycles. The predicted molar refractivity (Wildman–Crippen MR) is 92.9 cm³/mol. The molecular formula is C17H18N4O2S. The van der Waals surface area contributed by atoms with Gasteiger partial charge in [0.1, 0.15) is 5.75 Å². The van der Waals surface area contributed by atoms with E-state index in [0.29, 0.717) is 16.5 Å². The Labute approximate surface area is 144 Å². The molecule has 0 aliphatic heterocycles. The molecule has 0 saturated heterocycles. The summed E-state index contributed by atoms with van der Waals surface area (Å²) in [7, 11) is 1.60. The number of ether oxygens (including phenoxy) is 1. The predicted octanol–water partition coefficient (Wildman–Crippen LogP) is 3.11. The molecule has 0 aliphatic carbocycles. The first-order chi connectivity index (χ1) is 11.5. The number of aromatic nitrogens is 4. The average Bonchev–Trinajstić information content (AvgIpc) is 2.96. The van der Waals surface area contributed by atoms with E-state index in [1.165, 1.54) is 11.8 Å². The van der Waals surface area contributed by atoms with Crippen molar-refractivity contribution in [2.24, 2.45) is 0 Å². The molecule has 1 aromatic carbocycles. The molecule has 7 heteroatoms. The van der Waals surface area contributed by atoms with Gasteiger partial charge < -0.3 is 4.74 Å². The van der Waals surface area contributed by atoms with Crippen LogP contribution < -0.4 is 4.74 Å². The van der Waals surface area contributed by atoms with Crippen LogP contribution in [0, 0.1) is 13.8 Å². The monoisotopic (exact) mass is 342 g/mol. The molecule has 3 rings (SSSR count). The number of benzene rings is 1. The number of fused-ring (bicyclic) bond motifs is 1. The van der Waals surface area contributed by atoms with Crippen LogP contribution in [-0.2, 0) is 0 Å². The van der Waals surface area contributed by atoms with Gasteiger partial charge in [-0.1, -0.05) is 11.8 Å². The second-order valence-electron chi connectivity index (χ2n) is 5.50. The van der Waals surface area contributed by atoms with E-state index in [-0.39, 0.29) is 11.0 Å². The number of methoxy groups -OCH3 is 1. The zero-order valence-electron chi connectivity index (χ0n) is 14.0. The van der Waals surface area contributed by atoms with E-state index in [9.17, 15) is 4.79 Å². The van der Waals surface area contributed by atoms with Crippen LogP contribution in [0.2, 0.25) is 0 Å². The Morgan fingerprint density at radius 3 is 2.58 bits per heavy atom. The van der Waals surface area contributed by atoms with Crippen LogP contribution in [0.15, 0.2) is 35.5 Å². The zero-order valence-corrected chi connectivity index (χ0v) is 14.8. The second-order valence-corrected chi connectivity index (χ2v) is 6.81. The van der Waals surface area contributed by atoms with Gasteiger partial charge in [0, 0.05) is 17.0 Å². The van der Waals surface area contributed by atoms with Gasteiger partial charge in [-0.15, -0.1) is 5.10 Å². The van der Waals surface area contributed by atoms with Crippen molar-refractivity contribution in [3.63, 3.8) is 0 Å². The molecule has 0 bridgehead atoms. The largest absolute Gasteiger partial charge is 0.497 e. The highest BCUT2D eigenvalue weighted by Gasteiger charge is 2.19. The van der Waals surface area contributed by atoms with Crippen molar-refractivity contribution < 1.29 is 9.53 Å². The maximum atomic E-state index is 12.5. The maximum absolute atomic E-state index is 12.5. The van der Waals surface area contributed by atoms with Crippen LogP contribution in [-0.4, -0.2) is 37.7 Å². The molecular weight excluding hydrogens is 324 g/mol. The number of aryl methyl sites for hydroxylation is 2. The summed E-state index contributed by atoms with van der Waals surface area (Å²) in [4.78, 5) is 21.3. The van der Waals surface area contributed by atoms with Crippen molar-refractivity contribution in [2.45, 2.75) is 31.2 Å². The molecule has 124 valence electrons. The molecule has 0 radical (unpaired) electrons. The Morgan fingerprint density at radius 1 is 1.21 bits per heavy atom. The molecule has 0 unspecified atom stereocenters. The Balaban J connectivity index is 1.79. The highest BCUT2D eigenvalue weighted by molar-refractivity contribution is 8.00. The second kappa shape index (κ2) is 6.60. The highest BCUT2D eigenvalue weighted by atomic mass is 32.2. The van der Waals surface area contributed by atoms with Crippen molar-refractivity contribution >= 4 is 23.3 Å². The van der Waals surface area contributed by atoms with Crippen LogP contribution in [0.1, 0.15) is 28.7 Å². The number of ketones is 1. The smallest absolute Gasteiger partial charge is 0.253 e.